The summed E-state index contributed by atoms with van der Waals surface area (Å²) in [5.74, 6) is 0.363. The maximum atomic E-state index is 12.0. The molecule has 4 nitrogen and oxygen atoms in total. The van der Waals surface area contributed by atoms with Crippen LogP contribution in [0, 0.1) is 0 Å². The van der Waals surface area contributed by atoms with Crippen LogP contribution in [0.3, 0.4) is 0 Å². The normalized spacial score (nSPS) is 11.1. The smallest absolute Gasteiger partial charge is 0.271 e. The molecule has 0 fully saturated rings. The number of nitrogens with zero attached hydrogens (tertiary/aromatic N) is 1. The maximum absolute atomic E-state index is 12.0. The minimum Gasteiger partial charge on any atom is -0.497 e. The van der Waals surface area contributed by atoms with Gasteiger partial charge in [0.2, 0.25) is 0 Å². The zero-order chi connectivity index (χ0) is 15.2. The van der Waals surface area contributed by atoms with Gasteiger partial charge >= 0.3 is 0 Å². The number of halogens is 1. The van der Waals surface area contributed by atoms with Crippen LogP contribution in [0.1, 0.15) is 22.8 Å². The zero-order valence-corrected chi connectivity index (χ0v) is 13.3. The highest BCUT2D eigenvalue weighted by Crippen LogP contribution is 2.13. The number of hydrogen-bond acceptors (Lipinski definition) is 3. The number of hydrazone groups is 1. The Morgan fingerprint density at radius 2 is 1.86 bits per heavy atom. The first-order valence-corrected chi connectivity index (χ1v) is 7.14. The standard InChI is InChI=1S/C16H15BrN2O2/c1-11(12-6-8-14(17)9-7-12)18-19-16(20)13-4-3-5-15(10-13)21-2/h3-10H,1-2H3,(H,19,20). The molecule has 0 bridgehead atoms. The lowest BCUT2D eigenvalue weighted by Crippen LogP contribution is -2.19. The van der Waals surface area contributed by atoms with Gasteiger partial charge in [0.05, 0.1) is 12.8 Å². The number of carbonyl (C=O) groups excluding carboxylic acids is 1. The minimum absolute atomic E-state index is 0.273. The van der Waals surface area contributed by atoms with E-state index in [1.807, 2.05) is 31.2 Å². The third-order valence-electron chi connectivity index (χ3n) is 2.92. The molecule has 0 aliphatic heterocycles. The Labute approximate surface area is 132 Å². The molecule has 21 heavy (non-hydrogen) atoms. The van der Waals surface area contributed by atoms with E-state index in [0.717, 1.165) is 15.7 Å². The van der Waals surface area contributed by atoms with Crippen LogP contribution in [-0.2, 0) is 0 Å². The lowest BCUT2D eigenvalue weighted by molar-refractivity contribution is 0.0954. The fourth-order valence-corrected chi connectivity index (χ4v) is 1.98. The van der Waals surface area contributed by atoms with Crippen LogP contribution >= 0.6 is 15.9 Å². The van der Waals surface area contributed by atoms with Crippen LogP contribution in [-0.4, -0.2) is 18.7 Å². The highest BCUT2D eigenvalue weighted by atomic mass is 79.9. The Balaban J connectivity index is 2.08. The second-order valence-corrected chi connectivity index (χ2v) is 5.29. The Kier molecular flexibility index (Phi) is 5.11. The number of carbonyl (C=O) groups is 1. The molecule has 2 rings (SSSR count). The monoisotopic (exact) mass is 346 g/mol. The van der Waals surface area contributed by atoms with E-state index in [2.05, 4.69) is 26.5 Å². The number of ether oxygens (including phenoxy) is 1. The lowest BCUT2D eigenvalue weighted by atomic mass is 10.1. The van der Waals surface area contributed by atoms with Gasteiger partial charge in [0.25, 0.3) is 5.91 Å². The van der Waals surface area contributed by atoms with Gasteiger partial charge in [-0.05, 0) is 42.8 Å². The van der Waals surface area contributed by atoms with Crippen molar-refractivity contribution >= 4 is 27.5 Å². The predicted octanol–water partition coefficient (Wildman–Crippen LogP) is 3.61. The Bertz CT molecular complexity index is 666. The summed E-state index contributed by atoms with van der Waals surface area (Å²) in [6, 6.07) is 14.6. The Hall–Kier alpha value is -2.14. The highest BCUT2D eigenvalue weighted by molar-refractivity contribution is 9.10. The molecule has 0 atom stereocenters. The van der Waals surface area contributed by atoms with Crippen LogP contribution in [0.15, 0.2) is 58.1 Å². The van der Waals surface area contributed by atoms with Gasteiger partial charge in [-0.25, -0.2) is 5.43 Å². The second-order valence-electron chi connectivity index (χ2n) is 4.38. The second kappa shape index (κ2) is 7.04. The summed E-state index contributed by atoms with van der Waals surface area (Å²) in [5.41, 5.74) is 4.73. The van der Waals surface area contributed by atoms with E-state index in [1.54, 1.807) is 31.4 Å². The van der Waals surface area contributed by atoms with Crippen molar-refractivity contribution in [2.24, 2.45) is 5.10 Å². The zero-order valence-electron chi connectivity index (χ0n) is 11.8. The number of benzene rings is 2. The molecule has 0 spiro atoms. The fraction of sp³-hybridized carbons (Fsp3) is 0.125. The molecule has 5 heteroatoms. The average Bonchev–Trinajstić information content (AvgIpc) is 2.53. The summed E-state index contributed by atoms with van der Waals surface area (Å²) in [5, 5.41) is 4.12. The molecule has 0 saturated heterocycles. The van der Waals surface area contributed by atoms with Crippen LogP contribution in [0.2, 0.25) is 0 Å². The van der Waals surface area contributed by atoms with Crippen molar-refractivity contribution in [1.82, 2.24) is 5.43 Å². The molecule has 1 amide bonds. The van der Waals surface area contributed by atoms with Gasteiger partial charge in [-0.3, -0.25) is 4.79 Å². The number of hydrogen-bond donors (Lipinski definition) is 1. The van der Waals surface area contributed by atoms with Crippen LogP contribution in [0.4, 0.5) is 0 Å². The molecule has 0 aliphatic carbocycles. The molecular weight excluding hydrogens is 332 g/mol. The quantitative estimate of drug-likeness (QED) is 0.679. The molecule has 2 aromatic rings. The van der Waals surface area contributed by atoms with Crippen molar-refractivity contribution < 1.29 is 9.53 Å². The minimum atomic E-state index is -0.273. The van der Waals surface area contributed by atoms with Crippen molar-refractivity contribution in [1.29, 1.82) is 0 Å². The summed E-state index contributed by atoms with van der Waals surface area (Å²) < 4.78 is 6.09. The molecule has 0 aliphatic rings. The predicted molar refractivity (Wildman–Crippen MR) is 86.8 cm³/mol. The summed E-state index contributed by atoms with van der Waals surface area (Å²) >= 11 is 3.38. The van der Waals surface area contributed by atoms with E-state index in [-0.39, 0.29) is 5.91 Å². The number of methoxy groups -OCH3 is 1. The molecular formula is C16H15BrN2O2. The van der Waals surface area contributed by atoms with Crippen molar-refractivity contribution in [2.45, 2.75) is 6.92 Å². The Morgan fingerprint density at radius 3 is 2.52 bits per heavy atom. The van der Waals surface area contributed by atoms with Gasteiger partial charge in [0.1, 0.15) is 5.75 Å². The first kappa shape index (κ1) is 15.3. The number of amides is 1. The van der Waals surface area contributed by atoms with E-state index in [0.29, 0.717) is 11.3 Å². The van der Waals surface area contributed by atoms with Crippen molar-refractivity contribution in [3.63, 3.8) is 0 Å². The van der Waals surface area contributed by atoms with Crippen LogP contribution in [0.5, 0.6) is 5.75 Å². The lowest BCUT2D eigenvalue weighted by Gasteiger charge is -2.05. The van der Waals surface area contributed by atoms with Gasteiger partial charge in [-0.1, -0.05) is 34.1 Å². The summed E-state index contributed by atoms with van der Waals surface area (Å²) in [6.45, 7) is 1.84. The highest BCUT2D eigenvalue weighted by Gasteiger charge is 2.06. The molecule has 0 radical (unpaired) electrons. The summed E-state index contributed by atoms with van der Waals surface area (Å²) in [4.78, 5) is 12.0. The summed E-state index contributed by atoms with van der Waals surface area (Å²) in [6.07, 6.45) is 0. The van der Waals surface area contributed by atoms with E-state index in [9.17, 15) is 4.79 Å². The molecule has 0 saturated carbocycles. The SMILES string of the molecule is COc1cccc(C(=O)NN=C(C)c2ccc(Br)cc2)c1. The topological polar surface area (TPSA) is 50.7 Å². The summed E-state index contributed by atoms with van der Waals surface area (Å²) in [7, 11) is 1.56. The van der Waals surface area contributed by atoms with E-state index >= 15 is 0 Å². The molecule has 1 N–H and O–H groups in total. The molecule has 0 heterocycles. The first-order valence-electron chi connectivity index (χ1n) is 6.35. The van der Waals surface area contributed by atoms with E-state index in [1.165, 1.54) is 0 Å². The van der Waals surface area contributed by atoms with Crippen molar-refractivity contribution in [2.75, 3.05) is 7.11 Å². The molecule has 108 valence electrons. The fourth-order valence-electron chi connectivity index (χ4n) is 1.72. The third kappa shape index (κ3) is 4.16. The molecule has 0 aromatic heterocycles. The maximum Gasteiger partial charge on any atom is 0.271 e. The Morgan fingerprint density at radius 1 is 1.14 bits per heavy atom. The number of rotatable bonds is 4. The van der Waals surface area contributed by atoms with Gasteiger partial charge in [-0.15, -0.1) is 0 Å². The van der Waals surface area contributed by atoms with Crippen LogP contribution < -0.4 is 10.2 Å². The largest absolute Gasteiger partial charge is 0.497 e. The first-order chi connectivity index (χ1) is 10.1. The van der Waals surface area contributed by atoms with Crippen molar-refractivity contribution in [3.05, 3.63) is 64.1 Å². The van der Waals surface area contributed by atoms with Crippen LogP contribution in [0.25, 0.3) is 0 Å². The van der Waals surface area contributed by atoms with Gasteiger partial charge < -0.3 is 4.74 Å². The van der Waals surface area contributed by atoms with Gasteiger partial charge in [0, 0.05) is 10.0 Å². The number of nitrogens with one attached hydrogen (secondary N) is 1. The van der Waals surface area contributed by atoms with Gasteiger partial charge in [0.15, 0.2) is 0 Å². The molecule has 2 aromatic carbocycles. The van der Waals surface area contributed by atoms with E-state index < -0.39 is 0 Å². The van der Waals surface area contributed by atoms with E-state index in [4.69, 9.17) is 4.74 Å². The van der Waals surface area contributed by atoms with Gasteiger partial charge in [-0.2, -0.15) is 5.10 Å². The van der Waals surface area contributed by atoms with Crippen molar-refractivity contribution in [3.8, 4) is 5.75 Å². The average molecular weight is 347 g/mol. The third-order valence-corrected chi connectivity index (χ3v) is 3.45. The molecule has 0 unspecified atom stereocenters.